The summed E-state index contributed by atoms with van der Waals surface area (Å²) >= 11 is 0. The lowest BCUT2D eigenvalue weighted by molar-refractivity contribution is -0.274. The molecule has 6 heteroatoms. The molecule has 0 fully saturated rings. The molecular formula is C20H21F3N2O. The molecule has 1 heterocycles. The van der Waals surface area contributed by atoms with Crippen molar-refractivity contribution in [2.75, 3.05) is 6.54 Å². The third-order valence-electron chi connectivity index (χ3n) is 4.41. The quantitative estimate of drug-likeness (QED) is 0.583. The molecule has 2 aromatic carbocycles. The highest BCUT2D eigenvalue weighted by Crippen LogP contribution is 2.36. The summed E-state index contributed by atoms with van der Waals surface area (Å²) in [6.45, 7) is 2.60. The van der Waals surface area contributed by atoms with Gasteiger partial charge in [-0.05, 0) is 62.1 Å². The largest absolute Gasteiger partial charge is 0.573 e. The van der Waals surface area contributed by atoms with Gasteiger partial charge < -0.3 is 15.5 Å². The maximum absolute atomic E-state index is 12.6. The van der Waals surface area contributed by atoms with Crippen LogP contribution >= 0.6 is 0 Å². The predicted molar refractivity (Wildman–Crippen MR) is 97.1 cm³/mol. The van der Waals surface area contributed by atoms with Gasteiger partial charge in [-0.3, -0.25) is 0 Å². The number of alkyl halides is 3. The molecule has 3 N–H and O–H groups in total. The molecular weight excluding hydrogens is 341 g/mol. The summed E-state index contributed by atoms with van der Waals surface area (Å²) in [6.07, 6.45) is -2.25. The summed E-state index contributed by atoms with van der Waals surface area (Å²) in [6, 6.07) is 12.4. The molecule has 0 unspecified atom stereocenters. The van der Waals surface area contributed by atoms with E-state index in [1.807, 2.05) is 31.2 Å². The third-order valence-corrected chi connectivity index (χ3v) is 4.41. The number of rotatable bonds is 6. The number of hydrogen-bond donors (Lipinski definition) is 2. The van der Waals surface area contributed by atoms with Gasteiger partial charge in [0.15, 0.2) is 0 Å². The van der Waals surface area contributed by atoms with Crippen LogP contribution in [-0.4, -0.2) is 17.9 Å². The van der Waals surface area contributed by atoms with Crippen molar-refractivity contribution in [2.45, 2.75) is 32.5 Å². The normalized spacial score (nSPS) is 11.9. The molecule has 0 atom stereocenters. The van der Waals surface area contributed by atoms with Crippen molar-refractivity contribution >= 4 is 10.9 Å². The predicted octanol–water partition coefficient (Wildman–Crippen LogP) is 5.32. The van der Waals surface area contributed by atoms with Gasteiger partial charge in [0.1, 0.15) is 5.75 Å². The summed E-state index contributed by atoms with van der Waals surface area (Å²) in [5, 5.41) is 0.752. The lowest BCUT2D eigenvalue weighted by atomic mass is 9.98. The highest BCUT2D eigenvalue weighted by atomic mass is 19.4. The lowest BCUT2D eigenvalue weighted by Crippen LogP contribution is -2.16. The van der Waals surface area contributed by atoms with E-state index in [0.717, 1.165) is 52.5 Å². The van der Waals surface area contributed by atoms with Crippen LogP contribution in [0.1, 0.15) is 24.0 Å². The van der Waals surface area contributed by atoms with Crippen molar-refractivity contribution in [3.63, 3.8) is 0 Å². The van der Waals surface area contributed by atoms with Crippen LogP contribution < -0.4 is 10.5 Å². The fourth-order valence-electron chi connectivity index (χ4n) is 3.21. The Kier molecular flexibility index (Phi) is 5.23. The van der Waals surface area contributed by atoms with Crippen molar-refractivity contribution < 1.29 is 17.9 Å². The standard InChI is InChI=1S/C20H21F3N2O/c1-13-6-2-3-7-15(13)19-16(8-4-5-11-24)17-12-14(26-20(21,22)23)9-10-18(17)25-19/h2-3,6-7,9-10,12,25H,4-5,8,11,24H2,1H3. The molecule has 1 aromatic heterocycles. The number of aromatic nitrogens is 1. The molecule has 0 bridgehead atoms. The number of H-pyrrole nitrogens is 1. The van der Waals surface area contributed by atoms with Gasteiger partial charge in [-0.15, -0.1) is 13.2 Å². The monoisotopic (exact) mass is 362 g/mol. The molecule has 0 aliphatic carbocycles. The number of fused-ring (bicyclic) bond motifs is 1. The first-order valence-corrected chi connectivity index (χ1v) is 8.55. The van der Waals surface area contributed by atoms with Crippen molar-refractivity contribution in [3.05, 3.63) is 53.6 Å². The molecule has 3 aromatic rings. The first-order chi connectivity index (χ1) is 12.4. The molecule has 26 heavy (non-hydrogen) atoms. The smallest absolute Gasteiger partial charge is 0.406 e. The topological polar surface area (TPSA) is 51.0 Å². The van der Waals surface area contributed by atoms with Crippen molar-refractivity contribution in [3.8, 4) is 17.0 Å². The second kappa shape index (κ2) is 7.41. The summed E-state index contributed by atoms with van der Waals surface area (Å²) < 4.78 is 41.8. The van der Waals surface area contributed by atoms with Crippen molar-refractivity contribution in [1.82, 2.24) is 4.98 Å². The summed E-state index contributed by atoms with van der Waals surface area (Å²) in [5.41, 5.74) is 10.5. The number of ether oxygens (including phenoxy) is 1. The van der Waals surface area contributed by atoms with Crippen LogP contribution in [0.3, 0.4) is 0 Å². The van der Waals surface area contributed by atoms with E-state index in [4.69, 9.17) is 5.73 Å². The Morgan fingerprint density at radius 2 is 1.85 bits per heavy atom. The average molecular weight is 362 g/mol. The highest BCUT2D eigenvalue weighted by molar-refractivity contribution is 5.92. The molecule has 0 saturated heterocycles. The Bertz CT molecular complexity index is 900. The second-order valence-electron chi connectivity index (χ2n) is 6.29. The molecule has 3 nitrogen and oxygen atoms in total. The first kappa shape index (κ1) is 18.3. The summed E-state index contributed by atoms with van der Waals surface area (Å²) in [5.74, 6) is -0.208. The zero-order chi connectivity index (χ0) is 18.7. The summed E-state index contributed by atoms with van der Waals surface area (Å²) in [4.78, 5) is 3.37. The number of aromatic amines is 1. The lowest BCUT2D eigenvalue weighted by Gasteiger charge is -2.10. The number of hydrogen-bond acceptors (Lipinski definition) is 2. The van der Waals surface area contributed by atoms with Gasteiger partial charge in [-0.1, -0.05) is 24.3 Å². The van der Waals surface area contributed by atoms with Crippen LogP contribution in [0.25, 0.3) is 22.2 Å². The van der Waals surface area contributed by atoms with Gasteiger partial charge in [-0.25, -0.2) is 0 Å². The Hall–Kier alpha value is -2.47. The molecule has 0 amide bonds. The minimum atomic E-state index is -4.71. The van der Waals surface area contributed by atoms with Gasteiger partial charge in [0, 0.05) is 22.2 Å². The van der Waals surface area contributed by atoms with Gasteiger partial charge >= 0.3 is 6.36 Å². The maximum Gasteiger partial charge on any atom is 0.573 e. The number of nitrogens with two attached hydrogens (primary N) is 1. The van der Waals surface area contributed by atoms with Crippen LogP contribution in [-0.2, 0) is 6.42 Å². The fourth-order valence-corrected chi connectivity index (χ4v) is 3.21. The Labute approximate surface area is 150 Å². The minimum absolute atomic E-state index is 0.208. The third kappa shape index (κ3) is 4.02. The number of benzene rings is 2. The Morgan fingerprint density at radius 3 is 2.54 bits per heavy atom. The molecule has 0 aliphatic rings. The zero-order valence-electron chi connectivity index (χ0n) is 14.5. The van der Waals surface area contributed by atoms with Crippen molar-refractivity contribution in [1.29, 1.82) is 0 Å². The molecule has 0 saturated carbocycles. The van der Waals surface area contributed by atoms with Gasteiger partial charge in [0.25, 0.3) is 0 Å². The molecule has 138 valence electrons. The number of halogens is 3. The second-order valence-corrected chi connectivity index (χ2v) is 6.29. The van der Waals surface area contributed by atoms with Crippen LogP contribution in [0.5, 0.6) is 5.75 Å². The molecule has 0 spiro atoms. The number of aryl methyl sites for hydroxylation is 2. The van der Waals surface area contributed by atoms with E-state index in [-0.39, 0.29) is 5.75 Å². The van der Waals surface area contributed by atoms with Gasteiger partial charge in [0.05, 0.1) is 0 Å². The van der Waals surface area contributed by atoms with Gasteiger partial charge in [-0.2, -0.15) is 0 Å². The van der Waals surface area contributed by atoms with Crippen LogP contribution in [0.4, 0.5) is 13.2 Å². The van der Waals surface area contributed by atoms with E-state index >= 15 is 0 Å². The highest BCUT2D eigenvalue weighted by Gasteiger charge is 2.31. The van der Waals surface area contributed by atoms with Gasteiger partial charge in [0.2, 0.25) is 0 Å². The van der Waals surface area contributed by atoms with Crippen molar-refractivity contribution in [2.24, 2.45) is 5.73 Å². The maximum atomic E-state index is 12.6. The molecule has 0 aliphatic heterocycles. The van der Waals surface area contributed by atoms with E-state index in [1.165, 1.54) is 12.1 Å². The van der Waals surface area contributed by atoms with Crippen LogP contribution in [0.2, 0.25) is 0 Å². The van der Waals surface area contributed by atoms with E-state index < -0.39 is 6.36 Å². The van der Waals surface area contributed by atoms with Crippen LogP contribution in [0.15, 0.2) is 42.5 Å². The first-order valence-electron chi connectivity index (χ1n) is 8.55. The van der Waals surface area contributed by atoms with E-state index in [0.29, 0.717) is 6.54 Å². The SMILES string of the molecule is Cc1ccccc1-c1[nH]c2ccc(OC(F)(F)F)cc2c1CCCCN. The zero-order valence-corrected chi connectivity index (χ0v) is 14.5. The van der Waals surface area contributed by atoms with E-state index in [2.05, 4.69) is 9.72 Å². The molecule has 0 radical (unpaired) electrons. The van der Waals surface area contributed by atoms with E-state index in [9.17, 15) is 13.2 Å². The molecule has 3 rings (SSSR count). The Morgan fingerprint density at radius 1 is 1.08 bits per heavy atom. The summed E-state index contributed by atoms with van der Waals surface area (Å²) in [7, 11) is 0. The number of nitrogens with one attached hydrogen (secondary N) is 1. The van der Waals surface area contributed by atoms with E-state index in [1.54, 1.807) is 6.07 Å². The van der Waals surface area contributed by atoms with Crippen LogP contribution in [0, 0.1) is 6.92 Å². The minimum Gasteiger partial charge on any atom is -0.406 e. The Balaban J connectivity index is 2.11. The average Bonchev–Trinajstić information content (AvgIpc) is 2.92. The number of unbranched alkanes of at least 4 members (excludes halogenated alkanes) is 1. The fraction of sp³-hybridized carbons (Fsp3) is 0.300.